The molecule has 0 bridgehead atoms. The van der Waals surface area contributed by atoms with Gasteiger partial charge in [0.05, 0.1) is 23.4 Å². The molecule has 28 heavy (non-hydrogen) atoms. The van der Waals surface area contributed by atoms with Crippen LogP contribution in [0.4, 0.5) is 29.7 Å². The number of carbonyl (C=O) groups excluding carboxylic acids is 1. The second-order valence-corrected chi connectivity index (χ2v) is 7.48. The van der Waals surface area contributed by atoms with Crippen molar-refractivity contribution in [2.75, 3.05) is 16.9 Å². The van der Waals surface area contributed by atoms with E-state index < -0.39 is 11.7 Å². The molecule has 1 amide bonds. The number of amides is 1. The summed E-state index contributed by atoms with van der Waals surface area (Å²) in [5.74, 6) is -0.211. The van der Waals surface area contributed by atoms with Gasteiger partial charge in [0.25, 0.3) is 0 Å². The number of hydrogen-bond donors (Lipinski definition) is 2. The minimum Gasteiger partial charge on any atom is -0.332 e. The highest BCUT2D eigenvalue weighted by atomic mass is 32.2. The zero-order valence-corrected chi connectivity index (χ0v) is 16.3. The fourth-order valence-electron chi connectivity index (χ4n) is 2.45. The lowest BCUT2D eigenvalue weighted by molar-refractivity contribution is -0.137. The van der Waals surface area contributed by atoms with Crippen LogP contribution < -0.4 is 10.6 Å². The predicted octanol–water partition coefficient (Wildman–Crippen LogP) is 5.81. The molecule has 0 aliphatic heterocycles. The minimum atomic E-state index is -4.41. The van der Waals surface area contributed by atoms with Gasteiger partial charge in [-0.2, -0.15) is 13.2 Å². The van der Waals surface area contributed by atoms with E-state index in [9.17, 15) is 18.0 Å². The molecule has 0 radical (unpaired) electrons. The highest BCUT2D eigenvalue weighted by Crippen LogP contribution is 2.32. The van der Waals surface area contributed by atoms with Crippen molar-refractivity contribution in [2.24, 2.45) is 0 Å². The molecule has 0 spiro atoms. The highest BCUT2D eigenvalue weighted by Gasteiger charge is 2.30. The molecule has 0 unspecified atom stereocenters. The Morgan fingerprint density at radius 1 is 1.18 bits per heavy atom. The summed E-state index contributed by atoms with van der Waals surface area (Å²) in [4.78, 5) is 17.5. The van der Waals surface area contributed by atoms with Crippen LogP contribution in [0.15, 0.2) is 58.8 Å². The van der Waals surface area contributed by atoms with E-state index in [2.05, 4.69) is 15.6 Å². The molecule has 3 aromatic rings. The van der Waals surface area contributed by atoms with Gasteiger partial charge < -0.3 is 10.6 Å². The van der Waals surface area contributed by atoms with Crippen LogP contribution in [-0.2, 0) is 17.4 Å². The summed E-state index contributed by atoms with van der Waals surface area (Å²) in [7, 11) is 0. The average molecular weight is 423 g/mol. The van der Waals surface area contributed by atoms with Crippen molar-refractivity contribution in [1.82, 2.24) is 4.98 Å². The Hall–Kier alpha value is -2.52. The Balaban J connectivity index is 1.63. The number of halogens is 3. The average Bonchev–Trinajstić information content (AvgIpc) is 3.08. The van der Waals surface area contributed by atoms with Gasteiger partial charge in [-0.25, -0.2) is 4.98 Å². The normalized spacial score (nSPS) is 11.3. The van der Waals surface area contributed by atoms with Gasteiger partial charge in [0.1, 0.15) is 0 Å². The van der Waals surface area contributed by atoms with Crippen LogP contribution in [0.25, 0.3) is 0 Å². The van der Waals surface area contributed by atoms with E-state index in [0.717, 1.165) is 22.7 Å². The SMILES string of the molecule is CSc1ccccc1NC(=O)Cc1csc(Nc2cccc(C(F)(F)F)c2)n1. The molecule has 2 aromatic carbocycles. The molecule has 1 heterocycles. The zero-order valence-electron chi connectivity index (χ0n) is 14.7. The van der Waals surface area contributed by atoms with Crippen molar-refractivity contribution in [3.8, 4) is 0 Å². The van der Waals surface area contributed by atoms with Gasteiger partial charge in [0.2, 0.25) is 5.91 Å². The summed E-state index contributed by atoms with van der Waals surface area (Å²) < 4.78 is 38.4. The van der Waals surface area contributed by atoms with Crippen LogP contribution >= 0.6 is 23.1 Å². The molecular formula is C19H16F3N3OS2. The second kappa shape index (κ2) is 8.66. The number of rotatable bonds is 6. The molecule has 0 atom stereocenters. The molecule has 0 aliphatic carbocycles. The topological polar surface area (TPSA) is 54.0 Å². The number of aromatic nitrogens is 1. The molecule has 146 valence electrons. The Morgan fingerprint density at radius 2 is 1.96 bits per heavy atom. The van der Waals surface area contributed by atoms with Crippen LogP contribution in [0.2, 0.25) is 0 Å². The molecular weight excluding hydrogens is 407 g/mol. The second-order valence-electron chi connectivity index (χ2n) is 5.77. The Labute approximate surface area is 168 Å². The third-order valence-corrected chi connectivity index (χ3v) is 5.32. The number of alkyl halides is 3. The van der Waals surface area contributed by atoms with E-state index in [-0.39, 0.29) is 18.0 Å². The number of benzene rings is 2. The largest absolute Gasteiger partial charge is 0.416 e. The fourth-order valence-corrected chi connectivity index (χ4v) is 3.73. The van der Waals surface area contributed by atoms with E-state index in [0.29, 0.717) is 10.8 Å². The van der Waals surface area contributed by atoms with Crippen molar-refractivity contribution in [3.63, 3.8) is 0 Å². The first-order valence-electron chi connectivity index (χ1n) is 8.16. The van der Waals surface area contributed by atoms with Gasteiger partial charge in [0, 0.05) is 16.0 Å². The van der Waals surface area contributed by atoms with Crippen molar-refractivity contribution in [1.29, 1.82) is 0 Å². The maximum atomic E-state index is 12.8. The summed E-state index contributed by atoms with van der Waals surface area (Å²) >= 11 is 2.76. The third kappa shape index (κ3) is 5.26. The minimum absolute atomic E-state index is 0.0729. The maximum absolute atomic E-state index is 12.8. The van der Waals surface area contributed by atoms with Crippen molar-refractivity contribution < 1.29 is 18.0 Å². The monoisotopic (exact) mass is 423 g/mol. The van der Waals surface area contributed by atoms with Crippen LogP contribution in [0, 0.1) is 0 Å². The molecule has 0 saturated heterocycles. The first-order chi connectivity index (χ1) is 13.3. The van der Waals surface area contributed by atoms with Crippen LogP contribution in [0.1, 0.15) is 11.3 Å². The molecule has 1 aromatic heterocycles. The molecule has 0 aliphatic rings. The Morgan fingerprint density at radius 3 is 2.71 bits per heavy atom. The number of thiazole rings is 1. The van der Waals surface area contributed by atoms with Crippen LogP contribution in [0.3, 0.4) is 0 Å². The fraction of sp³-hybridized carbons (Fsp3) is 0.158. The Bertz CT molecular complexity index is 973. The predicted molar refractivity (Wildman–Crippen MR) is 107 cm³/mol. The summed E-state index contributed by atoms with van der Waals surface area (Å²) in [6, 6.07) is 12.4. The van der Waals surface area contributed by atoms with Gasteiger partial charge >= 0.3 is 6.18 Å². The number of para-hydroxylation sites is 1. The smallest absolute Gasteiger partial charge is 0.332 e. The number of hydrogen-bond acceptors (Lipinski definition) is 5. The van der Waals surface area contributed by atoms with E-state index in [4.69, 9.17) is 0 Å². The van der Waals surface area contributed by atoms with E-state index in [1.807, 2.05) is 30.5 Å². The summed E-state index contributed by atoms with van der Waals surface area (Å²) in [5, 5.41) is 7.83. The molecule has 2 N–H and O–H groups in total. The highest BCUT2D eigenvalue weighted by molar-refractivity contribution is 7.98. The lowest BCUT2D eigenvalue weighted by Crippen LogP contribution is -2.15. The first-order valence-corrected chi connectivity index (χ1v) is 10.3. The summed E-state index contributed by atoms with van der Waals surface area (Å²) in [6.45, 7) is 0. The summed E-state index contributed by atoms with van der Waals surface area (Å²) in [6.07, 6.45) is -2.41. The van der Waals surface area contributed by atoms with E-state index >= 15 is 0 Å². The van der Waals surface area contributed by atoms with Crippen molar-refractivity contribution >= 4 is 45.5 Å². The first kappa shape index (κ1) is 20.2. The number of nitrogens with zero attached hydrogens (tertiary/aromatic N) is 1. The molecule has 0 fully saturated rings. The maximum Gasteiger partial charge on any atom is 0.416 e. The molecule has 4 nitrogen and oxygen atoms in total. The molecule has 9 heteroatoms. The van der Waals surface area contributed by atoms with Crippen molar-refractivity contribution in [3.05, 3.63) is 65.2 Å². The Kier molecular flexibility index (Phi) is 6.25. The van der Waals surface area contributed by atoms with Crippen LogP contribution in [-0.4, -0.2) is 17.1 Å². The lowest BCUT2D eigenvalue weighted by atomic mass is 10.2. The molecule has 3 rings (SSSR count). The summed E-state index contributed by atoms with van der Waals surface area (Å²) in [5.41, 5.74) is 0.825. The van der Waals surface area contributed by atoms with E-state index in [1.54, 1.807) is 5.38 Å². The van der Waals surface area contributed by atoms with Gasteiger partial charge in [-0.1, -0.05) is 18.2 Å². The number of anilines is 3. The van der Waals surface area contributed by atoms with Crippen molar-refractivity contribution in [2.45, 2.75) is 17.5 Å². The van der Waals surface area contributed by atoms with Gasteiger partial charge in [-0.15, -0.1) is 23.1 Å². The van der Waals surface area contributed by atoms with Crippen LogP contribution in [0.5, 0.6) is 0 Å². The lowest BCUT2D eigenvalue weighted by Gasteiger charge is -2.09. The zero-order chi connectivity index (χ0) is 20.1. The van der Waals surface area contributed by atoms with Gasteiger partial charge in [-0.3, -0.25) is 4.79 Å². The standard InChI is InChI=1S/C19H16F3N3OS2/c1-27-16-8-3-2-7-15(16)25-17(26)10-14-11-28-18(24-14)23-13-6-4-5-12(9-13)19(20,21)22/h2-9,11H,10H2,1H3,(H,23,24)(H,25,26). The third-order valence-electron chi connectivity index (χ3n) is 3.72. The number of nitrogens with one attached hydrogen (secondary N) is 2. The van der Waals surface area contributed by atoms with Gasteiger partial charge in [0.15, 0.2) is 5.13 Å². The number of carbonyl (C=O) groups is 1. The van der Waals surface area contributed by atoms with E-state index in [1.165, 1.54) is 35.2 Å². The van der Waals surface area contributed by atoms with Gasteiger partial charge in [-0.05, 0) is 36.6 Å². The number of thioether (sulfide) groups is 1. The molecule has 0 saturated carbocycles. The quantitative estimate of drug-likeness (QED) is 0.492.